The first-order valence-electron chi connectivity index (χ1n) is 8.79. The smallest absolute Gasteiger partial charge is 0.250 e. The first kappa shape index (κ1) is 18.6. The molecule has 0 aromatic carbocycles. The molecule has 26 heavy (non-hydrogen) atoms. The fraction of sp³-hybridized carbons (Fsp3) is 0.421. The summed E-state index contributed by atoms with van der Waals surface area (Å²) in [6.07, 6.45) is 5.37. The van der Waals surface area contributed by atoms with Crippen LogP contribution in [0.25, 0.3) is 0 Å². The van der Waals surface area contributed by atoms with E-state index >= 15 is 0 Å². The number of nitrogens with one attached hydrogen (secondary N) is 2. The number of anilines is 1. The fourth-order valence-corrected chi connectivity index (χ4v) is 3.44. The molecule has 7 heteroatoms. The summed E-state index contributed by atoms with van der Waals surface area (Å²) in [5.74, 6) is 0.720. The highest BCUT2D eigenvalue weighted by molar-refractivity contribution is 6.30. The Morgan fingerprint density at radius 2 is 2.27 bits per heavy atom. The minimum atomic E-state index is -0.265. The molecule has 0 aliphatic carbocycles. The molecule has 0 saturated carbocycles. The molecular formula is C19H23ClN4O2. The van der Waals surface area contributed by atoms with Crippen molar-refractivity contribution in [3.05, 3.63) is 57.1 Å². The molecule has 1 saturated heterocycles. The van der Waals surface area contributed by atoms with Crippen LogP contribution in [0.4, 0.5) is 5.82 Å². The Bertz CT molecular complexity index is 834. The van der Waals surface area contributed by atoms with E-state index in [-0.39, 0.29) is 17.5 Å². The van der Waals surface area contributed by atoms with Gasteiger partial charge in [0.05, 0.1) is 11.1 Å². The third kappa shape index (κ3) is 4.31. The van der Waals surface area contributed by atoms with Gasteiger partial charge in [-0.25, -0.2) is 4.98 Å². The molecule has 3 rings (SSSR count). The predicted octanol–water partition coefficient (Wildman–Crippen LogP) is 2.94. The van der Waals surface area contributed by atoms with E-state index in [1.165, 1.54) is 6.20 Å². The van der Waals surface area contributed by atoms with Crippen molar-refractivity contribution >= 4 is 23.3 Å². The van der Waals surface area contributed by atoms with Crippen LogP contribution < -0.4 is 10.9 Å². The Balaban J connectivity index is 1.66. The molecule has 1 fully saturated rings. The molecule has 1 unspecified atom stereocenters. The summed E-state index contributed by atoms with van der Waals surface area (Å²) in [4.78, 5) is 33.2. The van der Waals surface area contributed by atoms with Gasteiger partial charge in [0.15, 0.2) is 0 Å². The van der Waals surface area contributed by atoms with Crippen molar-refractivity contribution in [1.82, 2.24) is 14.9 Å². The quantitative estimate of drug-likeness (QED) is 0.862. The van der Waals surface area contributed by atoms with E-state index in [1.807, 2.05) is 19.9 Å². The maximum absolute atomic E-state index is 12.6. The van der Waals surface area contributed by atoms with E-state index in [4.69, 9.17) is 11.6 Å². The molecule has 0 spiro atoms. The van der Waals surface area contributed by atoms with Crippen LogP contribution in [0.1, 0.15) is 36.8 Å². The molecule has 0 bridgehead atoms. The molecule has 1 aliphatic rings. The standard InChI is InChI=1S/C19H23ClN4O2/c1-12-8-15(9-22-18(12)25)14-4-3-7-24(11-14)13(2)19(26)23-17-6-5-16(20)10-21-17/h5-6,8-10,13-14H,3-4,7,11H2,1-2H3,(H,22,25)(H,21,23,26)/t13-,14?/m0/s1. The highest BCUT2D eigenvalue weighted by Crippen LogP contribution is 2.27. The number of halogens is 1. The third-order valence-electron chi connectivity index (χ3n) is 4.94. The van der Waals surface area contributed by atoms with E-state index in [1.54, 1.807) is 18.3 Å². The van der Waals surface area contributed by atoms with Gasteiger partial charge in [-0.05, 0) is 62.9 Å². The van der Waals surface area contributed by atoms with Gasteiger partial charge >= 0.3 is 0 Å². The topological polar surface area (TPSA) is 78.1 Å². The number of H-pyrrole nitrogens is 1. The number of amides is 1. The normalized spacial score (nSPS) is 19.1. The summed E-state index contributed by atoms with van der Waals surface area (Å²) in [6, 6.07) is 5.08. The highest BCUT2D eigenvalue weighted by atomic mass is 35.5. The van der Waals surface area contributed by atoms with Crippen LogP contribution in [0.5, 0.6) is 0 Å². The van der Waals surface area contributed by atoms with Crippen molar-refractivity contribution in [2.24, 2.45) is 0 Å². The second kappa shape index (κ2) is 8.01. The van der Waals surface area contributed by atoms with Crippen molar-refractivity contribution in [2.45, 2.75) is 38.6 Å². The number of aromatic nitrogens is 2. The predicted molar refractivity (Wildman–Crippen MR) is 103 cm³/mol. The minimum absolute atomic E-state index is 0.0513. The summed E-state index contributed by atoms with van der Waals surface area (Å²) in [5, 5.41) is 3.37. The lowest BCUT2D eigenvalue weighted by Crippen LogP contribution is -2.46. The Kier molecular flexibility index (Phi) is 5.74. The number of carbonyl (C=O) groups is 1. The van der Waals surface area contributed by atoms with E-state index < -0.39 is 0 Å². The van der Waals surface area contributed by atoms with Crippen molar-refractivity contribution < 1.29 is 4.79 Å². The molecule has 2 aromatic heterocycles. The van der Waals surface area contributed by atoms with E-state index in [0.29, 0.717) is 16.8 Å². The summed E-state index contributed by atoms with van der Waals surface area (Å²) in [7, 11) is 0. The molecule has 2 N–H and O–H groups in total. The van der Waals surface area contributed by atoms with Crippen LogP contribution in [0.15, 0.2) is 35.4 Å². The zero-order valence-electron chi connectivity index (χ0n) is 15.0. The van der Waals surface area contributed by atoms with Crippen molar-refractivity contribution in [3.8, 4) is 0 Å². The number of nitrogens with zero attached hydrogens (tertiary/aromatic N) is 2. The number of rotatable bonds is 4. The lowest BCUT2D eigenvalue weighted by molar-refractivity contribution is -0.121. The van der Waals surface area contributed by atoms with E-state index in [0.717, 1.165) is 37.1 Å². The van der Waals surface area contributed by atoms with Crippen LogP contribution in [0.3, 0.4) is 0 Å². The number of likely N-dealkylation sites (tertiary alicyclic amines) is 1. The van der Waals surface area contributed by atoms with Crippen LogP contribution in [-0.4, -0.2) is 39.9 Å². The van der Waals surface area contributed by atoms with Gasteiger partial charge in [0, 0.05) is 24.5 Å². The zero-order chi connectivity index (χ0) is 18.7. The van der Waals surface area contributed by atoms with Gasteiger partial charge in [0.1, 0.15) is 5.82 Å². The second-order valence-corrected chi connectivity index (χ2v) is 7.24. The fourth-order valence-electron chi connectivity index (χ4n) is 3.33. The number of hydrogen-bond donors (Lipinski definition) is 2. The van der Waals surface area contributed by atoms with Gasteiger partial charge in [-0.15, -0.1) is 0 Å². The van der Waals surface area contributed by atoms with Crippen LogP contribution in [-0.2, 0) is 4.79 Å². The summed E-state index contributed by atoms with van der Waals surface area (Å²) < 4.78 is 0. The maximum atomic E-state index is 12.6. The minimum Gasteiger partial charge on any atom is -0.329 e. The molecule has 0 radical (unpaired) electrons. The van der Waals surface area contributed by atoms with Gasteiger partial charge in [-0.2, -0.15) is 0 Å². The molecule has 1 amide bonds. The van der Waals surface area contributed by atoms with Crippen LogP contribution in [0, 0.1) is 6.92 Å². The van der Waals surface area contributed by atoms with Crippen molar-refractivity contribution in [3.63, 3.8) is 0 Å². The zero-order valence-corrected chi connectivity index (χ0v) is 15.7. The lowest BCUT2D eigenvalue weighted by Gasteiger charge is -2.36. The number of aromatic amines is 1. The average Bonchev–Trinajstić information content (AvgIpc) is 2.65. The maximum Gasteiger partial charge on any atom is 0.250 e. The molecule has 138 valence electrons. The Morgan fingerprint density at radius 3 is 2.96 bits per heavy atom. The average molecular weight is 375 g/mol. The summed E-state index contributed by atoms with van der Waals surface area (Å²) >= 11 is 5.82. The van der Waals surface area contributed by atoms with Gasteiger partial charge in [-0.1, -0.05) is 11.6 Å². The molecular weight excluding hydrogens is 352 g/mol. The van der Waals surface area contributed by atoms with Crippen LogP contribution in [0.2, 0.25) is 5.02 Å². The van der Waals surface area contributed by atoms with Gasteiger partial charge in [0.2, 0.25) is 5.91 Å². The number of carbonyl (C=O) groups excluding carboxylic acids is 1. The number of aryl methyl sites for hydroxylation is 1. The number of pyridine rings is 2. The van der Waals surface area contributed by atoms with Gasteiger partial charge < -0.3 is 10.3 Å². The monoisotopic (exact) mass is 374 g/mol. The van der Waals surface area contributed by atoms with E-state index in [2.05, 4.69) is 20.2 Å². The Hall–Kier alpha value is -2.18. The molecule has 2 aromatic rings. The first-order valence-corrected chi connectivity index (χ1v) is 9.17. The number of hydrogen-bond acceptors (Lipinski definition) is 4. The highest BCUT2D eigenvalue weighted by Gasteiger charge is 2.28. The van der Waals surface area contributed by atoms with Gasteiger partial charge in [-0.3, -0.25) is 14.5 Å². The van der Waals surface area contributed by atoms with Crippen molar-refractivity contribution in [2.75, 3.05) is 18.4 Å². The molecule has 6 nitrogen and oxygen atoms in total. The van der Waals surface area contributed by atoms with Crippen LogP contribution >= 0.6 is 11.6 Å². The molecule has 3 heterocycles. The molecule has 2 atom stereocenters. The van der Waals surface area contributed by atoms with Crippen molar-refractivity contribution in [1.29, 1.82) is 0 Å². The van der Waals surface area contributed by atoms with E-state index in [9.17, 15) is 9.59 Å². The largest absolute Gasteiger partial charge is 0.329 e. The summed E-state index contributed by atoms with van der Waals surface area (Å²) in [6.45, 7) is 5.39. The SMILES string of the molecule is Cc1cc(C2CCCN([C@@H](C)C(=O)Nc3ccc(Cl)cn3)C2)c[nH]c1=O. The van der Waals surface area contributed by atoms with Gasteiger partial charge in [0.25, 0.3) is 5.56 Å². The third-order valence-corrected chi connectivity index (χ3v) is 5.16. The number of piperidine rings is 1. The lowest BCUT2D eigenvalue weighted by atomic mass is 9.90. The Morgan fingerprint density at radius 1 is 1.46 bits per heavy atom. The first-order chi connectivity index (χ1) is 12.4. The second-order valence-electron chi connectivity index (χ2n) is 6.81. The molecule has 1 aliphatic heterocycles. The summed E-state index contributed by atoms with van der Waals surface area (Å²) in [5.41, 5.74) is 1.79. The Labute approximate surface area is 157 Å².